The van der Waals surface area contributed by atoms with Gasteiger partial charge in [0.05, 0.1) is 0 Å². The summed E-state index contributed by atoms with van der Waals surface area (Å²) in [7, 11) is 0. The van der Waals surface area contributed by atoms with Crippen LogP contribution in [0.4, 0.5) is 11.4 Å². The van der Waals surface area contributed by atoms with Gasteiger partial charge in [0.25, 0.3) is 0 Å². The van der Waals surface area contributed by atoms with Crippen LogP contribution in [0, 0.1) is 18.8 Å². The Morgan fingerprint density at radius 3 is 1.53 bits per heavy atom. The molecule has 2 aliphatic heterocycles. The number of pyridine rings is 1. The fourth-order valence-corrected chi connectivity index (χ4v) is 12.1. The van der Waals surface area contributed by atoms with E-state index in [2.05, 4.69) is 303 Å². The van der Waals surface area contributed by atoms with Crippen molar-refractivity contribution in [1.82, 2.24) is 9.55 Å². The first-order valence-corrected chi connectivity index (χ1v) is 28.9. The monoisotopic (exact) mass is 1290 g/mol. The molecule has 0 aliphatic carbocycles. The largest absolute Gasteiger partial charge is 0.612 e. The summed E-state index contributed by atoms with van der Waals surface area (Å²) < 4.78 is 16.2. The average Bonchev–Trinajstić information content (AvgIpc) is 1.70. The Bertz CT molecular complexity index is 4420. The molecule has 0 N–H and O–H groups in total. The van der Waals surface area contributed by atoms with E-state index >= 15 is 0 Å². The summed E-state index contributed by atoms with van der Waals surface area (Å²) in [6, 6.07) is 102. The fourth-order valence-electron chi connectivity index (χ4n) is 12.1. The molecule has 416 valence electrons. The third-order valence-corrected chi connectivity index (χ3v) is 16.3. The number of benzene rings is 11. The van der Waals surface area contributed by atoms with E-state index in [4.69, 9.17) is 14.4 Å². The number of para-hydroxylation sites is 2. The van der Waals surface area contributed by atoms with Crippen LogP contribution in [0.25, 0.3) is 94.4 Å². The Morgan fingerprint density at radius 2 is 0.977 bits per heavy atom. The number of anilines is 2. The van der Waals surface area contributed by atoms with E-state index in [1.807, 2.05) is 30.5 Å². The van der Waals surface area contributed by atoms with Crippen LogP contribution in [0.2, 0.25) is 0 Å². The van der Waals surface area contributed by atoms with E-state index in [-0.39, 0.29) is 26.5 Å². The molecule has 86 heavy (non-hydrogen) atoms. The maximum Gasteiger partial charge on any atom is 0.430 e. The van der Waals surface area contributed by atoms with Gasteiger partial charge in [-0.15, -0.1) is 42.4 Å². The molecule has 4 heterocycles. The molecule has 0 atom stereocenters. The molecule has 2 aromatic heterocycles. The minimum absolute atomic E-state index is 0. The van der Waals surface area contributed by atoms with Crippen molar-refractivity contribution < 1.29 is 30.5 Å². The van der Waals surface area contributed by atoms with E-state index in [1.54, 1.807) is 0 Å². The van der Waals surface area contributed by atoms with E-state index < -0.39 is 6.92 Å². The SMILES string of the molecule is CC(C)(C)c1ccnc(-n2c3[c-]c(Oc4[c-]c5c(cc4)OB(c4ccccc4)C4=CN(c6c(-c7cc(-c8ccccc8)cc(-c8ccccc8)c7)cccc6-c6cc(-c7ccccc7)cc(-c7ccccc7)c6)[CH-]N45)ccc3c3ccccc32)c1.[Pt]. The van der Waals surface area contributed by atoms with Gasteiger partial charge in [0.15, 0.2) is 0 Å². The second-order valence-electron chi connectivity index (χ2n) is 22.8. The number of hydrogen-bond donors (Lipinski definition) is 0. The van der Waals surface area contributed by atoms with Gasteiger partial charge in [-0.25, -0.2) is 4.98 Å². The molecule has 0 amide bonds. The Kier molecular flexibility index (Phi) is 14.2. The molecule has 11 aromatic carbocycles. The van der Waals surface area contributed by atoms with Crippen molar-refractivity contribution in [3.8, 4) is 89.8 Å². The van der Waals surface area contributed by atoms with Crippen LogP contribution in [0.3, 0.4) is 0 Å². The Morgan fingerprint density at radius 1 is 0.477 bits per heavy atom. The van der Waals surface area contributed by atoms with Crippen LogP contribution in [0.15, 0.2) is 285 Å². The first kappa shape index (κ1) is 54.0. The molecule has 0 saturated carbocycles. The first-order chi connectivity index (χ1) is 41.7. The van der Waals surface area contributed by atoms with Crippen molar-refractivity contribution in [3.63, 3.8) is 0 Å². The molecule has 0 radical (unpaired) electrons. The summed E-state index contributed by atoms with van der Waals surface area (Å²) >= 11 is 0. The van der Waals surface area contributed by atoms with Crippen LogP contribution in [0.1, 0.15) is 26.3 Å². The van der Waals surface area contributed by atoms with Gasteiger partial charge in [0, 0.05) is 72.4 Å². The molecule has 6 nitrogen and oxygen atoms in total. The third kappa shape index (κ3) is 10.2. The number of aromatic nitrogens is 2. The van der Waals surface area contributed by atoms with Gasteiger partial charge < -0.3 is 23.8 Å². The molecule has 0 fully saturated rings. The average molecular weight is 1290 g/mol. The van der Waals surface area contributed by atoms with Gasteiger partial charge >= 0.3 is 6.92 Å². The van der Waals surface area contributed by atoms with Crippen LogP contribution < -0.4 is 24.7 Å². The summed E-state index contributed by atoms with van der Waals surface area (Å²) in [5, 5.41) is 2.18. The molecule has 0 spiro atoms. The Balaban J connectivity index is 0.00000653. The molecule has 0 unspecified atom stereocenters. The van der Waals surface area contributed by atoms with Crippen molar-refractivity contribution in [2.75, 3.05) is 9.80 Å². The van der Waals surface area contributed by atoms with Crippen molar-refractivity contribution >= 4 is 45.6 Å². The number of hydrogen-bond acceptors (Lipinski definition) is 5. The maximum atomic E-state index is 7.14. The second-order valence-corrected chi connectivity index (χ2v) is 22.8. The molecule has 8 heteroatoms. The minimum Gasteiger partial charge on any atom is -0.612 e. The number of nitrogens with zero attached hydrogens (tertiary/aromatic N) is 4. The van der Waals surface area contributed by atoms with Crippen LogP contribution >= 0.6 is 0 Å². The summed E-state index contributed by atoms with van der Waals surface area (Å²) in [5.41, 5.74) is 20.2. The summed E-state index contributed by atoms with van der Waals surface area (Å²) in [6.07, 6.45) is 4.14. The molecular weight excluding hydrogens is 1230 g/mol. The second kappa shape index (κ2) is 22.6. The molecule has 0 saturated heterocycles. The van der Waals surface area contributed by atoms with E-state index in [0.29, 0.717) is 17.2 Å². The smallest absolute Gasteiger partial charge is 0.430 e. The van der Waals surface area contributed by atoms with Crippen molar-refractivity contribution in [3.05, 3.63) is 309 Å². The zero-order valence-electron chi connectivity index (χ0n) is 47.6. The standard InChI is InChI=1S/C78H56BN4O2.Pt/c1-78(2,3)63-40-41-80-76(48-63)83-71-35-20-19-32-69(71)70-38-36-65(49-72(70)83)84-66-37-39-74-73(50-66)82-52-81(51-75(82)79(85-74)64-30-17-8-18-31-64)77-67(61-44-57(53-22-9-4-10-23-53)42-58(45-61)54-24-11-5-12-25-54)33-21-34-68(77)62-46-59(55-26-13-6-14-27-55)43-60(47-62)56-28-15-7-16-29-56;/h4-48,51-52H,1-3H3;/q-3;. The summed E-state index contributed by atoms with van der Waals surface area (Å²) in [5.74, 6) is 2.59. The molecule has 2 aliphatic rings. The van der Waals surface area contributed by atoms with E-state index in [1.165, 1.54) is 5.56 Å². The zero-order valence-corrected chi connectivity index (χ0v) is 49.9. The van der Waals surface area contributed by atoms with Gasteiger partial charge in [-0.1, -0.05) is 220 Å². The Labute approximate surface area is 517 Å². The summed E-state index contributed by atoms with van der Waals surface area (Å²) in [4.78, 5) is 9.45. The van der Waals surface area contributed by atoms with Crippen LogP contribution in [-0.2, 0) is 26.5 Å². The molecule has 15 rings (SSSR count). The zero-order chi connectivity index (χ0) is 57.0. The van der Waals surface area contributed by atoms with Crippen LogP contribution in [0.5, 0.6) is 17.2 Å². The van der Waals surface area contributed by atoms with Gasteiger partial charge in [0.1, 0.15) is 5.82 Å². The quantitative estimate of drug-likeness (QED) is 0.0954. The Hall–Kier alpha value is -9.94. The van der Waals surface area contributed by atoms with Gasteiger partial charge in [-0.3, -0.25) is 0 Å². The molecule has 0 bridgehead atoms. The van der Waals surface area contributed by atoms with Crippen LogP contribution in [-0.4, -0.2) is 16.5 Å². The normalized spacial score (nSPS) is 12.8. The third-order valence-electron chi connectivity index (χ3n) is 16.3. The summed E-state index contributed by atoms with van der Waals surface area (Å²) in [6.45, 7) is 8.43. The van der Waals surface area contributed by atoms with Gasteiger partial charge in [0.2, 0.25) is 0 Å². The topological polar surface area (TPSA) is 42.8 Å². The predicted molar refractivity (Wildman–Crippen MR) is 350 cm³/mol. The van der Waals surface area contributed by atoms with E-state index in [0.717, 1.165) is 117 Å². The maximum absolute atomic E-state index is 7.14. The molecular formula is C78H56BN4O2Pt-3. The van der Waals surface area contributed by atoms with Gasteiger partial charge in [-0.2, -0.15) is 6.07 Å². The van der Waals surface area contributed by atoms with E-state index in [9.17, 15) is 0 Å². The first-order valence-electron chi connectivity index (χ1n) is 28.9. The van der Waals surface area contributed by atoms with Crippen molar-refractivity contribution in [1.29, 1.82) is 0 Å². The number of ether oxygens (including phenoxy) is 1. The fraction of sp³-hybridized carbons (Fsp3) is 0.0513. The predicted octanol–water partition coefficient (Wildman–Crippen LogP) is 19.0. The molecule has 13 aromatic rings. The minimum atomic E-state index is -0.453. The van der Waals surface area contributed by atoms with Crippen molar-refractivity contribution in [2.24, 2.45) is 0 Å². The number of fused-ring (bicyclic) bond motifs is 6. The van der Waals surface area contributed by atoms with Crippen molar-refractivity contribution in [2.45, 2.75) is 26.2 Å². The number of rotatable bonds is 11. The van der Waals surface area contributed by atoms with Gasteiger partial charge in [-0.05, 0) is 138 Å².